The number of aromatic nitrogens is 2. The van der Waals surface area contributed by atoms with E-state index in [2.05, 4.69) is 15.5 Å². The van der Waals surface area contributed by atoms with Crippen molar-refractivity contribution < 1.29 is 13.3 Å². The van der Waals surface area contributed by atoms with Crippen molar-refractivity contribution in [3.63, 3.8) is 0 Å². The van der Waals surface area contributed by atoms with E-state index in [-0.39, 0.29) is 6.42 Å². The van der Waals surface area contributed by atoms with Crippen LogP contribution in [-0.4, -0.2) is 23.7 Å². The van der Waals surface area contributed by atoms with Crippen LogP contribution >= 0.6 is 0 Å². The van der Waals surface area contributed by atoms with Crippen LogP contribution in [0.5, 0.6) is 0 Å². The molecule has 0 amide bonds. The quantitative estimate of drug-likeness (QED) is 0.814. The molecule has 6 heteroatoms. The fourth-order valence-electron chi connectivity index (χ4n) is 1.72. The average Bonchev–Trinajstić information content (AvgIpc) is 2.81. The van der Waals surface area contributed by atoms with Gasteiger partial charge in [0, 0.05) is 18.9 Å². The molecule has 0 saturated carbocycles. The highest BCUT2D eigenvalue weighted by Gasteiger charge is 2.10. The van der Waals surface area contributed by atoms with Crippen molar-refractivity contribution in [3.05, 3.63) is 47.1 Å². The molecule has 0 aliphatic heterocycles. The fourth-order valence-corrected chi connectivity index (χ4v) is 1.72. The standard InChI is InChI=1S/C13H15F2N3O/c1-16-6-2-3-13-17-12(18-19-13)7-9-4-5-10(14)8-11(9)15/h4-5,8,16H,2-3,6-7H2,1H3. The van der Waals surface area contributed by atoms with E-state index in [0.29, 0.717) is 23.7 Å². The molecule has 1 aromatic carbocycles. The molecule has 0 unspecified atom stereocenters. The van der Waals surface area contributed by atoms with Gasteiger partial charge >= 0.3 is 0 Å². The van der Waals surface area contributed by atoms with Gasteiger partial charge in [0.15, 0.2) is 5.82 Å². The third kappa shape index (κ3) is 3.82. The van der Waals surface area contributed by atoms with Crippen LogP contribution in [0, 0.1) is 11.6 Å². The second kappa shape index (κ2) is 6.38. The average molecular weight is 267 g/mol. The second-order valence-corrected chi connectivity index (χ2v) is 4.22. The zero-order valence-corrected chi connectivity index (χ0v) is 10.6. The molecule has 2 aromatic rings. The molecule has 0 radical (unpaired) electrons. The van der Waals surface area contributed by atoms with Gasteiger partial charge in [-0.3, -0.25) is 0 Å². The van der Waals surface area contributed by atoms with E-state index in [1.165, 1.54) is 12.1 Å². The molecule has 0 aliphatic carbocycles. The summed E-state index contributed by atoms with van der Waals surface area (Å²) in [5, 5.41) is 6.81. The molecule has 2 rings (SSSR count). The molecule has 0 saturated heterocycles. The highest BCUT2D eigenvalue weighted by Crippen LogP contribution is 2.13. The first-order chi connectivity index (χ1) is 9.19. The van der Waals surface area contributed by atoms with Crippen molar-refractivity contribution in [2.24, 2.45) is 0 Å². The number of rotatable bonds is 6. The lowest BCUT2D eigenvalue weighted by atomic mass is 10.1. The smallest absolute Gasteiger partial charge is 0.226 e. The largest absolute Gasteiger partial charge is 0.339 e. The maximum atomic E-state index is 13.5. The van der Waals surface area contributed by atoms with E-state index in [0.717, 1.165) is 19.0 Å². The Kier molecular flexibility index (Phi) is 4.57. The molecule has 0 fully saturated rings. The number of halogens is 2. The Hall–Kier alpha value is -1.82. The number of benzene rings is 1. The van der Waals surface area contributed by atoms with Crippen molar-refractivity contribution in [1.82, 2.24) is 15.5 Å². The summed E-state index contributed by atoms with van der Waals surface area (Å²) in [6.07, 6.45) is 1.77. The zero-order valence-electron chi connectivity index (χ0n) is 10.6. The molecule has 102 valence electrons. The summed E-state index contributed by atoms with van der Waals surface area (Å²) in [7, 11) is 1.87. The maximum Gasteiger partial charge on any atom is 0.226 e. The van der Waals surface area contributed by atoms with E-state index in [1.807, 2.05) is 7.05 Å². The minimum atomic E-state index is -0.596. The van der Waals surface area contributed by atoms with Crippen molar-refractivity contribution in [1.29, 1.82) is 0 Å². The van der Waals surface area contributed by atoms with Gasteiger partial charge in [0.1, 0.15) is 11.6 Å². The number of nitrogens with zero attached hydrogens (tertiary/aromatic N) is 2. The molecule has 1 N–H and O–H groups in total. The van der Waals surface area contributed by atoms with Crippen molar-refractivity contribution in [2.45, 2.75) is 19.3 Å². The lowest BCUT2D eigenvalue weighted by Crippen LogP contribution is -2.08. The molecule has 0 aliphatic rings. The van der Waals surface area contributed by atoms with Crippen LogP contribution in [0.4, 0.5) is 8.78 Å². The predicted molar refractivity (Wildman–Crippen MR) is 65.7 cm³/mol. The first-order valence-corrected chi connectivity index (χ1v) is 6.09. The summed E-state index contributed by atoms with van der Waals surface area (Å²) in [6, 6.07) is 3.46. The van der Waals surface area contributed by atoms with Crippen molar-refractivity contribution >= 4 is 0 Å². The summed E-state index contributed by atoms with van der Waals surface area (Å²) in [5.41, 5.74) is 0.351. The van der Waals surface area contributed by atoms with Gasteiger partial charge in [-0.2, -0.15) is 4.98 Å². The Labute approximate surface area is 109 Å². The molecule has 1 aromatic heterocycles. The van der Waals surface area contributed by atoms with Gasteiger partial charge in [0.25, 0.3) is 0 Å². The number of nitrogens with one attached hydrogen (secondary N) is 1. The van der Waals surface area contributed by atoms with Gasteiger partial charge < -0.3 is 9.84 Å². The van der Waals surface area contributed by atoms with E-state index in [9.17, 15) is 8.78 Å². The van der Waals surface area contributed by atoms with Crippen LogP contribution in [0.2, 0.25) is 0 Å². The van der Waals surface area contributed by atoms with Crippen LogP contribution in [0.1, 0.15) is 23.7 Å². The van der Waals surface area contributed by atoms with Crippen LogP contribution in [0.3, 0.4) is 0 Å². The second-order valence-electron chi connectivity index (χ2n) is 4.22. The lowest BCUT2D eigenvalue weighted by Gasteiger charge is -1.99. The van der Waals surface area contributed by atoms with Crippen LogP contribution in [0.25, 0.3) is 0 Å². The Bertz CT molecular complexity index is 542. The topological polar surface area (TPSA) is 51.0 Å². The first-order valence-electron chi connectivity index (χ1n) is 6.09. The van der Waals surface area contributed by atoms with E-state index in [4.69, 9.17) is 4.52 Å². The molecule has 0 bridgehead atoms. The molecular weight excluding hydrogens is 252 g/mol. The maximum absolute atomic E-state index is 13.5. The number of hydrogen-bond acceptors (Lipinski definition) is 4. The third-order valence-corrected chi connectivity index (χ3v) is 2.69. The lowest BCUT2D eigenvalue weighted by molar-refractivity contribution is 0.370. The van der Waals surface area contributed by atoms with Crippen molar-refractivity contribution in [2.75, 3.05) is 13.6 Å². The minimum absolute atomic E-state index is 0.196. The van der Waals surface area contributed by atoms with E-state index < -0.39 is 11.6 Å². The van der Waals surface area contributed by atoms with Gasteiger partial charge in [0.2, 0.25) is 5.89 Å². The first kappa shape index (κ1) is 13.6. The van der Waals surface area contributed by atoms with Gasteiger partial charge in [-0.25, -0.2) is 8.78 Å². The van der Waals surface area contributed by atoms with Gasteiger partial charge in [0.05, 0.1) is 0 Å². The summed E-state index contributed by atoms with van der Waals surface area (Å²) in [6.45, 7) is 0.865. The summed E-state index contributed by atoms with van der Waals surface area (Å²) < 4.78 is 31.3. The van der Waals surface area contributed by atoms with E-state index in [1.54, 1.807) is 0 Å². The summed E-state index contributed by atoms with van der Waals surface area (Å²) >= 11 is 0. The highest BCUT2D eigenvalue weighted by atomic mass is 19.1. The normalized spacial score (nSPS) is 10.9. The molecular formula is C13H15F2N3O. The van der Waals surface area contributed by atoms with Gasteiger partial charge in [-0.05, 0) is 31.6 Å². The van der Waals surface area contributed by atoms with Crippen LogP contribution in [-0.2, 0) is 12.8 Å². The van der Waals surface area contributed by atoms with Crippen molar-refractivity contribution in [3.8, 4) is 0 Å². The monoisotopic (exact) mass is 267 g/mol. The predicted octanol–water partition coefficient (Wildman–Crippen LogP) is 2.09. The molecule has 0 spiro atoms. The SMILES string of the molecule is CNCCCc1nc(Cc2ccc(F)cc2F)no1. The van der Waals surface area contributed by atoms with Crippen LogP contribution < -0.4 is 5.32 Å². The summed E-state index contributed by atoms with van der Waals surface area (Å²) in [5.74, 6) is -0.249. The third-order valence-electron chi connectivity index (χ3n) is 2.69. The molecule has 1 heterocycles. The zero-order chi connectivity index (χ0) is 13.7. The van der Waals surface area contributed by atoms with E-state index >= 15 is 0 Å². The number of aryl methyl sites for hydroxylation is 1. The molecule has 0 atom stereocenters. The summed E-state index contributed by atoms with van der Waals surface area (Å²) in [4.78, 5) is 4.17. The fraction of sp³-hybridized carbons (Fsp3) is 0.385. The van der Waals surface area contributed by atoms with Gasteiger partial charge in [-0.1, -0.05) is 11.2 Å². The van der Waals surface area contributed by atoms with Gasteiger partial charge in [-0.15, -0.1) is 0 Å². The number of hydrogen-bond donors (Lipinski definition) is 1. The molecule has 4 nitrogen and oxygen atoms in total. The molecule has 19 heavy (non-hydrogen) atoms. The highest BCUT2D eigenvalue weighted by molar-refractivity contribution is 5.21. The Morgan fingerprint density at radius 2 is 2.16 bits per heavy atom. The minimum Gasteiger partial charge on any atom is -0.339 e. The Balaban J connectivity index is 1.99. The Morgan fingerprint density at radius 3 is 2.89 bits per heavy atom. The van der Waals surface area contributed by atoms with Crippen LogP contribution in [0.15, 0.2) is 22.7 Å². The Morgan fingerprint density at radius 1 is 1.32 bits per heavy atom.